The molecule has 1 rings (SSSR count). The zero-order valence-electron chi connectivity index (χ0n) is 14.5. The number of unbranched alkanes of at least 4 members (excludes halogenated alkanes) is 9. The number of para-hydroxylation sites is 1. The molecule has 0 atom stereocenters. The molecule has 0 unspecified atom stereocenters. The molecule has 2 radical (unpaired) electrons. The van der Waals surface area contributed by atoms with E-state index in [1.54, 1.807) is 6.07 Å². The van der Waals surface area contributed by atoms with Crippen LogP contribution in [0.25, 0.3) is 0 Å². The summed E-state index contributed by atoms with van der Waals surface area (Å²) in [5.41, 5.74) is 1.10. The number of hydrogen-bond donors (Lipinski definition) is 1. The Hall–Kier alpha value is 1.02. The molecule has 21 heavy (non-hydrogen) atoms. The number of aryl methyl sites for hydroxylation is 1. The summed E-state index contributed by atoms with van der Waals surface area (Å²) in [5, 5.41) is 9.65. The second-order valence-corrected chi connectivity index (χ2v) is 5.56. The van der Waals surface area contributed by atoms with Crippen LogP contribution >= 0.6 is 0 Å². The molecule has 1 nitrogen and oxygen atoms in total. The van der Waals surface area contributed by atoms with Crippen LogP contribution in [0.5, 0.6) is 5.75 Å². The van der Waals surface area contributed by atoms with Crippen molar-refractivity contribution < 1.29 is 5.11 Å². The van der Waals surface area contributed by atoms with E-state index in [1.807, 2.05) is 18.2 Å². The fourth-order valence-electron chi connectivity index (χ4n) is 2.53. The predicted octanol–water partition coefficient (Wildman–Crippen LogP) is 5.09. The smallest absolute Gasteiger partial charge is 0.118 e. The van der Waals surface area contributed by atoms with Crippen molar-refractivity contribution in [3.05, 3.63) is 29.8 Å². The quantitative estimate of drug-likeness (QED) is 0.446. The van der Waals surface area contributed by atoms with E-state index < -0.39 is 0 Å². The molecule has 0 fully saturated rings. The Balaban J connectivity index is 0. The van der Waals surface area contributed by atoms with Crippen LogP contribution in [0.4, 0.5) is 0 Å². The van der Waals surface area contributed by atoms with Gasteiger partial charge in [0.15, 0.2) is 0 Å². The van der Waals surface area contributed by atoms with E-state index in [0.717, 1.165) is 12.0 Å². The minimum atomic E-state index is 0. The summed E-state index contributed by atoms with van der Waals surface area (Å²) in [6, 6.07) is 7.71. The molecule has 0 saturated heterocycles. The maximum absolute atomic E-state index is 9.65. The van der Waals surface area contributed by atoms with Crippen LogP contribution in [0.15, 0.2) is 24.3 Å². The average molecular weight is 308 g/mol. The first-order chi connectivity index (χ1) is 9.34. The minimum absolute atomic E-state index is 0. The fraction of sp³-hybridized carbons (Fsp3) is 0.667. The molecule has 1 aromatic rings. The maximum Gasteiger partial charge on any atom is 0.118 e. The standard InChI is InChI=1S/C18H30O.2Na/c1-2-3-4-5-6-7-8-9-10-11-14-17-15-12-13-16-18(17)19;;/h12-13,15-16,19H,2-11,14H2,1H3;;. The average Bonchev–Trinajstić information content (AvgIpc) is 2.43. The normalized spacial score (nSPS) is 9.76. The fourth-order valence-corrected chi connectivity index (χ4v) is 2.53. The number of phenolic OH excluding ortho intramolecular Hbond substituents is 1. The van der Waals surface area contributed by atoms with Gasteiger partial charge in [0.1, 0.15) is 5.75 Å². The molecule has 0 aliphatic rings. The third-order valence-electron chi connectivity index (χ3n) is 3.79. The van der Waals surface area contributed by atoms with Gasteiger partial charge < -0.3 is 5.11 Å². The summed E-state index contributed by atoms with van der Waals surface area (Å²) in [5.74, 6) is 0.457. The molecule has 0 aromatic heterocycles. The zero-order valence-corrected chi connectivity index (χ0v) is 18.5. The first kappa shape index (κ1) is 24.3. The van der Waals surface area contributed by atoms with Crippen molar-refractivity contribution in [3.63, 3.8) is 0 Å². The second-order valence-electron chi connectivity index (χ2n) is 5.56. The van der Waals surface area contributed by atoms with Gasteiger partial charge in [0.25, 0.3) is 0 Å². The van der Waals surface area contributed by atoms with Crippen molar-refractivity contribution in [2.24, 2.45) is 0 Å². The monoisotopic (exact) mass is 308 g/mol. The maximum atomic E-state index is 9.65. The van der Waals surface area contributed by atoms with Crippen molar-refractivity contribution in [2.45, 2.75) is 77.6 Å². The van der Waals surface area contributed by atoms with Crippen molar-refractivity contribution in [1.29, 1.82) is 0 Å². The van der Waals surface area contributed by atoms with Crippen molar-refractivity contribution in [2.75, 3.05) is 0 Å². The summed E-state index contributed by atoms with van der Waals surface area (Å²) in [7, 11) is 0. The van der Waals surface area contributed by atoms with Crippen molar-refractivity contribution in [1.82, 2.24) is 0 Å². The zero-order chi connectivity index (χ0) is 13.8. The minimum Gasteiger partial charge on any atom is -0.508 e. The number of phenols is 1. The molecule has 1 aromatic carbocycles. The Kier molecular flexibility index (Phi) is 20.1. The van der Waals surface area contributed by atoms with Gasteiger partial charge in [0.05, 0.1) is 0 Å². The van der Waals surface area contributed by atoms with Gasteiger partial charge >= 0.3 is 0 Å². The van der Waals surface area contributed by atoms with Gasteiger partial charge in [-0.3, -0.25) is 0 Å². The van der Waals surface area contributed by atoms with Crippen LogP contribution in [0.1, 0.15) is 76.7 Å². The van der Waals surface area contributed by atoms with E-state index in [-0.39, 0.29) is 59.1 Å². The Morgan fingerprint density at radius 1 is 0.714 bits per heavy atom. The summed E-state index contributed by atoms with van der Waals surface area (Å²) < 4.78 is 0. The van der Waals surface area contributed by atoms with Gasteiger partial charge in [0, 0.05) is 59.1 Å². The number of benzene rings is 1. The third kappa shape index (κ3) is 13.2. The number of aromatic hydroxyl groups is 1. The number of rotatable bonds is 11. The Labute approximate surface area is 175 Å². The van der Waals surface area contributed by atoms with E-state index >= 15 is 0 Å². The first-order valence-electron chi connectivity index (χ1n) is 8.11. The summed E-state index contributed by atoms with van der Waals surface area (Å²) in [6.07, 6.45) is 14.6. The molecule has 0 saturated carbocycles. The Morgan fingerprint density at radius 2 is 1.19 bits per heavy atom. The Bertz CT molecular complexity index is 329. The van der Waals surface area contributed by atoms with Crippen LogP contribution in [-0.4, -0.2) is 64.2 Å². The molecule has 1 N–H and O–H groups in total. The molecule has 0 heterocycles. The largest absolute Gasteiger partial charge is 0.508 e. The van der Waals surface area contributed by atoms with Crippen LogP contribution in [-0.2, 0) is 6.42 Å². The molecular weight excluding hydrogens is 278 g/mol. The second kappa shape index (κ2) is 17.4. The summed E-state index contributed by atoms with van der Waals surface area (Å²) in [4.78, 5) is 0. The van der Waals surface area contributed by atoms with Gasteiger partial charge in [-0.2, -0.15) is 0 Å². The van der Waals surface area contributed by atoms with Crippen LogP contribution < -0.4 is 0 Å². The molecule has 0 aliphatic heterocycles. The van der Waals surface area contributed by atoms with Gasteiger partial charge in [-0.25, -0.2) is 0 Å². The summed E-state index contributed by atoms with van der Waals surface area (Å²) >= 11 is 0. The third-order valence-corrected chi connectivity index (χ3v) is 3.79. The van der Waals surface area contributed by atoms with Gasteiger partial charge in [-0.1, -0.05) is 82.9 Å². The van der Waals surface area contributed by atoms with Crippen LogP contribution in [0, 0.1) is 0 Å². The van der Waals surface area contributed by atoms with Gasteiger partial charge in [0.2, 0.25) is 0 Å². The molecular formula is C18H30Na2O. The van der Waals surface area contributed by atoms with E-state index in [2.05, 4.69) is 6.92 Å². The van der Waals surface area contributed by atoms with E-state index in [0.29, 0.717) is 5.75 Å². The molecule has 0 bridgehead atoms. The van der Waals surface area contributed by atoms with Crippen molar-refractivity contribution >= 4 is 59.1 Å². The van der Waals surface area contributed by atoms with Gasteiger partial charge in [-0.05, 0) is 24.5 Å². The molecule has 3 heteroatoms. The molecule has 0 amide bonds. The molecule has 110 valence electrons. The molecule has 0 spiro atoms. The van der Waals surface area contributed by atoms with Gasteiger partial charge in [-0.15, -0.1) is 0 Å². The van der Waals surface area contributed by atoms with Crippen LogP contribution in [0.3, 0.4) is 0 Å². The number of hydrogen-bond acceptors (Lipinski definition) is 1. The van der Waals surface area contributed by atoms with E-state index in [1.165, 1.54) is 64.2 Å². The van der Waals surface area contributed by atoms with E-state index in [9.17, 15) is 5.11 Å². The SMILES string of the molecule is CCCCCCCCCCCCc1ccccc1O.[Na].[Na]. The Morgan fingerprint density at radius 3 is 1.71 bits per heavy atom. The first-order valence-corrected chi connectivity index (χ1v) is 8.11. The topological polar surface area (TPSA) is 20.2 Å². The van der Waals surface area contributed by atoms with E-state index in [4.69, 9.17) is 0 Å². The van der Waals surface area contributed by atoms with Crippen molar-refractivity contribution in [3.8, 4) is 5.75 Å². The predicted molar refractivity (Wildman–Crippen MR) is 95.2 cm³/mol. The molecule has 0 aliphatic carbocycles. The summed E-state index contributed by atoms with van der Waals surface area (Å²) in [6.45, 7) is 2.27. The van der Waals surface area contributed by atoms with Crippen LogP contribution in [0.2, 0.25) is 0 Å².